The van der Waals surface area contributed by atoms with Gasteiger partial charge in [-0.25, -0.2) is 0 Å². The molecule has 2 aliphatic rings. The van der Waals surface area contributed by atoms with Crippen LogP contribution in [0, 0.1) is 0 Å². The second kappa shape index (κ2) is 9.61. The van der Waals surface area contributed by atoms with Crippen LogP contribution in [0.15, 0.2) is 18.2 Å². The zero-order valence-electron chi connectivity index (χ0n) is 16.2. The fourth-order valence-electron chi connectivity index (χ4n) is 2.81. The van der Waals surface area contributed by atoms with Gasteiger partial charge in [-0.05, 0) is 18.6 Å². The van der Waals surface area contributed by atoms with Gasteiger partial charge in [0, 0.05) is 13.3 Å². The first-order valence-corrected chi connectivity index (χ1v) is 9.02. The summed E-state index contributed by atoms with van der Waals surface area (Å²) in [7, 11) is 0. The van der Waals surface area contributed by atoms with Crippen LogP contribution in [0.1, 0.15) is 68.2 Å². The van der Waals surface area contributed by atoms with Gasteiger partial charge < -0.3 is 5.32 Å². The van der Waals surface area contributed by atoms with Gasteiger partial charge in [-0.3, -0.25) is 34.2 Å². The van der Waals surface area contributed by atoms with Crippen molar-refractivity contribution in [1.29, 1.82) is 0 Å². The Bertz CT molecular complexity index is 773. The highest BCUT2D eigenvalue weighted by Gasteiger charge is 2.45. The zero-order chi connectivity index (χ0) is 20.7. The molecule has 1 aromatic carbocycles. The lowest BCUT2D eigenvalue weighted by Gasteiger charge is -2.27. The van der Waals surface area contributed by atoms with Gasteiger partial charge in [-0.15, -0.1) is 0 Å². The maximum absolute atomic E-state index is 12.6. The predicted octanol–water partition coefficient (Wildman–Crippen LogP) is 2.10. The number of benzene rings is 1. The summed E-state index contributed by atoms with van der Waals surface area (Å²) >= 11 is 0. The lowest BCUT2D eigenvalue weighted by molar-refractivity contribution is -0.136. The second-order valence-corrected chi connectivity index (χ2v) is 5.36. The number of fused-ring (bicyclic) bond motifs is 1. The number of anilines is 1. The smallest absolute Gasteiger partial charge is 0.264 e. The van der Waals surface area contributed by atoms with Crippen LogP contribution >= 0.6 is 0 Å². The predicted molar refractivity (Wildman–Crippen MR) is 100 cm³/mol. The van der Waals surface area contributed by atoms with E-state index in [0.29, 0.717) is 0 Å². The third-order valence-corrected chi connectivity index (χ3v) is 3.78. The molecule has 1 fully saturated rings. The molecule has 0 spiro atoms. The molecular formula is C19H25N3O5. The summed E-state index contributed by atoms with van der Waals surface area (Å²) in [4.78, 5) is 60.4. The molecule has 27 heavy (non-hydrogen) atoms. The first kappa shape index (κ1) is 22.0. The Morgan fingerprint density at radius 2 is 1.70 bits per heavy atom. The van der Waals surface area contributed by atoms with Crippen molar-refractivity contribution in [1.82, 2.24) is 10.2 Å². The average molecular weight is 375 g/mol. The molecular weight excluding hydrogens is 350 g/mol. The molecule has 0 aromatic heterocycles. The summed E-state index contributed by atoms with van der Waals surface area (Å²) in [6, 6.07) is 3.50. The van der Waals surface area contributed by atoms with Crippen LogP contribution in [0.2, 0.25) is 0 Å². The molecule has 1 unspecified atom stereocenters. The molecule has 8 nitrogen and oxygen atoms in total. The Balaban J connectivity index is 0.000000855. The van der Waals surface area contributed by atoms with Crippen LogP contribution in [0.4, 0.5) is 5.69 Å². The zero-order valence-corrected chi connectivity index (χ0v) is 16.2. The van der Waals surface area contributed by atoms with Crippen LogP contribution < -0.4 is 10.6 Å². The average Bonchev–Trinajstić information content (AvgIpc) is 2.90. The largest absolute Gasteiger partial charge is 0.326 e. The third kappa shape index (κ3) is 4.39. The van der Waals surface area contributed by atoms with Crippen molar-refractivity contribution >= 4 is 35.2 Å². The Kier molecular flexibility index (Phi) is 7.83. The first-order chi connectivity index (χ1) is 12.9. The summed E-state index contributed by atoms with van der Waals surface area (Å²) < 4.78 is 0. The fourth-order valence-corrected chi connectivity index (χ4v) is 2.81. The molecule has 0 radical (unpaired) electrons. The minimum atomic E-state index is -1.02. The number of carbonyl (C=O) groups is 5. The van der Waals surface area contributed by atoms with E-state index in [9.17, 15) is 24.0 Å². The topological polar surface area (TPSA) is 113 Å². The highest BCUT2D eigenvalue weighted by molar-refractivity contribution is 6.26. The van der Waals surface area contributed by atoms with Gasteiger partial charge >= 0.3 is 0 Å². The maximum Gasteiger partial charge on any atom is 0.264 e. The van der Waals surface area contributed by atoms with Crippen molar-refractivity contribution in [2.75, 3.05) is 5.32 Å². The van der Waals surface area contributed by atoms with E-state index in [1.54, 1.807) is 6.07 Å². The molecule has 1 atom stereocenters. The van der Waals surface area contributed by atoms with Crippen molar-refractivity contribution in [3.05, 3.63) is 29.3 Å². The first-order valence-electron chi connectivity index (χ1n) is 9.02. The van der Waals surface area contributed by atoms with Gasteiger partial charge in [0.25, 0.3) is 11.8 Å². The molecule has 8 heteroatoms. The van der Waals surface area contributed by atoms with E-state index in [2.05, 4.69) is 10.6 Å². The quantitative estimate of drug-likeness (QED) is 0.769. The van der Waals surface area contributed by atoms with Gasteiger partial charge in [-0.1, -0.05) is 33.8 Å². The van der Waals surface area contributed by atoms with E-state index in [-0.39, 0.29) is 35.6 Å². The van der Waals surface area contributed by atoms with E-state index in [1.807, 2.05) is 27.7 Å². The molecule has 0 saturated carbocycles. The van der Waals surface area contributed by atoms with Gasteiger partial charge in [0.15, 0.2) is 0 Å². The van der Waals surface area contributed by atoms with E-state index < -0.39 is 29.7 Å². The summed E-state index contributed by atoms with van der Waals surface area (Å²) in [5, 5.41) is 4.63. The molecule has 0 aliphatic carbocycles. The fraction of sp³-hybridized carbons (Fsp3) is 0.421. The van der Waals surface area contributed by atoms with E-state index in [4.69, 9.17) is 0 Å². The molecule has 5 amide bonds. The summed E-state index contributed by atoms with van der Waals surface area (Å²) in [5.41, 5.74) is 0.423. The SMILES string of the molecule is CC.CC.CC(=O)Nc1cccc2c1C(=O)N(C1CCC(=O)NC1=O)C2=O. The molecule has 146 valence electrons. The van der Waals surface area contributed by atoms with E-state index in [1.165, 1.54) is 19.1 Å². The highest BCUT2D eigenvalue weighted by Crippen LogP contribution is 2.32. The van der Waals surface area contributed by atoms with Crippen LogP contribution in [0.5, 0.6) is 0 Å². The van der Waals surface area contributed by atoms with Crippen LogP contribution in [-0.4, -0.2) is 40.5 Å². The van der Waals surface area contributed by atoms with Crippen molar-refractivity contribution in [2.24, 2.45) is 0 Å². The monoisotopic (exact) mass is 375 g/mol. The highest BCUT2D eigenvalue weighted by atomic mass is 16.2. The number of carbonyl (C=O) groups excluding carboxylic acids is 5. The van der Waals surface area contributed by atoms with Crippen LogP contribution in [0.25, 0.3) is 0 Å². The molecule has 2 N–H and O–H groups in total. The number of nitrogens with zero attached hydrogens (tertiary/aromatic N) is 1. The number of nitrogens with one attached hydrogen (secondary N) is 2. The molecule has 3 rings (SSSR count). The second-order valence-electron chi connectivity index (χ2n) is 5.36. The normalized spacial score (nSPS) is 17.8. The van der Waals surface area contributed by atoms with Gasteiger partial charge in [-0.2, -0.15) is 0 Å². The van der Waals surface area contributed by atoms with Crippen molar-refractivity contribution in [3.63, 3.8) is 0 Å². The van der Waals surface area contributed by atoms with E-state index >= 15 is 0 Å². The number of hydrogen-bond donors (Lipinski definition) is 2. The van der Waals surface area contributed by atoms with Crippen molar-refractivity contribution < 1.29 is 24.0 Å². The molecule has 0 bridgehead atoms. The summed E-state index contributed by atoms with van der Waals surface area (Å²) in [5.74, 6) is -2.73. The summed E-state index contributed by atoms with van der Waals surface area (Å²) in [6.07, 6.45) is 0.147. The minimum Gasteiger partial charge on any atom is -0.326 e. The molecule has 1 saturated heterocycles. The van der Waals surface area contributed by atoms with Crippen molar-refractivity contribution in [2.45, 2.75) is 53.5 Å². The Morgan fingerprint density at radius 3 is 2.26 bits per heavy atom. The number of hydrogen-bond acceptors (Lipinski definition) is 5. The number of rotatable bonds is 2. The standard InChI is InChI=1S/C15H13N3O5.2C2H6/c1-7(19)16-9-4-2-3-8-12(9)15(23)18(14(8)22)10-5-6-11(20)17-13(10)21;2*1-2/h2-4,10H,5-6H2,1H3,(H,16,19)(H,17,20,21);2*1-2H3. The molecule has 1 aromatic rings. The van der Waals surface area contributed by atoms with Crippen LogP contribution in [-0.2, 0) is 14.4 Å². The number of amides is 5. The van der Waals surface area contributed by atoms with Crippen molar-refractivity contribution in [3.8, 4) is 0 Å². The van der Waals surface area contributed by atoms with Gasteiger partial charge in [0.1, 0.15) is 6.04 Å². The lowest BCUT2D eigenvalue weighted by atomic mass is 10.0. The van der Waals surface area contributed by atoms with E-state index in [0.717, 1.165) is 4.90 Å². The Hall–Kier alpha value is -3.03. The Labute approximate surface area is 158 Å². The van der Waals surface area contributed by atoms with Crippen LogP contribution in [0.3, 0.4) is 0 Å². The summed E-state index contributed by atoms with van der Waals surface area (Å²) in [6.45, 7) is 9.29. The Morgan fingerprint density at radius 1 is 1.07 bits per heavy atom. The molecule has 2 aliphatic heterocycles. The molecule has 2 heterocycles. The number of imide groups is 2. The van der Waals surface area contributed by atoms with Gasteiger partial charge in [0.05, 0.1) is 16.8 Å². The lowest BCUT2D eigenvalue weighted by Crippen LogP contribution is -2.54. The minimum absolute atomic E-state index is 0.0579. The number of piperidine rings is 1. The maximum atomic E-state index is 12.6. The van der Waals surface area contributed by atoms with Gasteiger partial charge in [0.2, 0.25) is 17.7 Å². The third-order valence-electron chi connectivity index (χ3n) is 3.78.